The van der Waals surface area contributed by atoms with Crippen LogP contribution in [0.2, 0.25) is 0 Å². The van der Waals surface area contributed by atoms with E-state index in [2.05, 4.69) is 5.32 Å². The van der Waals surface area contributed by atoms with Crippen LogP contribution >= 0.6 is 0 Å². The van der Waals surface area contributed by atoms with Crippen molar-refractivity contribution < 1.29 is 9.59 Å². The first kappa shape index (κ1) is 15.7. The number of hydrogen-bond donors (Lipinski definition) is 2. The summed E-state index contributed by atoms with van der Waals surface area (Å²) >= 11 is 0. The van der Waals surface area contributed by atoms with Gasteiger partial charge in [-0.1, -0.05) is 35.9 Å². The zero-order valence-electron chi connectivity index (χ0n) is 12.5. The molecule has 114 valence electrons. The fourth-order valence-corrected chi connectivity index (χ4v) is 2.02. The van der Waals surface area contributed by atoms with Gasteiger partial charge >= 0.3 is 0 Å². The number of amides is 2. The Balaban J connectivity index is 2.08. The minimum Gasteiger partial charge on any atom is -0.325 e. The standard InChI is InChI=1S/C17H19N3O2/c1-13-7-9-14(10-8-13)19-16(21)12-20(17(22)11-18)15-5-3-2-4-6-15/h2-10H,11-12,18H2,1H3,(H,19,21). The molecule has 22 heavy (non-hydrogen) atoms. The fourth-order valence-electron chi connectivity index (χ4n) is 2.02. The summed E-state index contributed by atoms with van der Waals surface area (Å²) in [5.74, 6) is -0.570. The van der Waals surface area contributed by atoms with Gasteiger partial charge < -0.3 is 16.0 Å². The largest absolute Gasteiger partial charge is 0.325 e. The van der Waals surface area contributed by atoms with E-state index in [-0.39, 0.29) is 24.9 Å². The molecular weight excluding hydrogens is 278 g/mol. The lowest BCUT2D eigenvalue weighted by atomic mass is 10.2. The number of carbonyl (C=O) groups is 2. The maximum absolute atomic E-state index is 12.2. The summed E-state index contributed by atoms with van der Waals surface area (Å²) in [5.41, 5.74) is 7.89. The van der Waals surface area contributed by atoms with Crippen LogP contribution < -0.4 is 16.0 Å². The highest BCUT2D eigenvalue weighted by Gasteiger charge is 2.17. The van der Waals surface area contributed by atoms with E-state index in [1.165, 1.54) is 4.90 Å². The molecule has 5 nitrogen and oxygen atoms in total. The second-order valence-corrected chi connectivity index (χ2v) is 4.93. The van der Waals surface area contributed by atoms with E-state index in [1.807, 2.05) is 49.4 Å². The molecule has 2 aromatic rings. The molecule has 0 heterocycles. The third-order valence-corrected chi connectivity index (χ3v) is 3.18. The number of para-hydroxylation sites is 1. The van der Waals surface area contributed by atoms with E-state index in [1.54, 1.807) is 12.1 Å². The molecule has 0 aliphatic carbocycles. The van der Waals surface area contributed by atoms with E-state index in [9.17, 15) is 9.59 Å². The van der Waals surface area contributed by atoms with Gasteiger partial charge in [0.1, 0.15) is 6.54 Å². The van der Waals surface area contributed by atoms with Crippen molar-refractivity contribution in [3.8, 4) is 0 Å². The van der Waals surface area contributed by atoms with Crippen molar-refractivity contribution in [2.24, 2.45) is 5.73 Å². The molecule has 0 unspecified atom stereocenters. The van der Waals surface area contributed by atoms with Crippen molar-refractivity contribution in [2.75, 3.05) is 23.3 Å². The van der Waals surface area contributed by atoms with Gasteiger partial charge in [0.15, 0.2) is 0 Å². The summed E-state index contributed by atoms with van der Waals surface area (Å²) in [6.45, 7) is 1.75. The number of hydrogen-bond acceptors (Lipinski definition) is 3. The molecule has 0 spiro atoms. The Labute approximate surface area is 129 Å². The van der Waals surface area contributed by atoms with E-state index >= 15 is 0 Å². The van der Waals surface area contributed by atoms with Crippen LogP contribution in [0.15, 0.2) is 54.6 Å². The maximum atomic E-state index is 12.2. The molecule has 0 radical (unpaired) electrons. The number of nitrogens with one attached hydrogen (secondary N) is 1. The van der Waals surface area contributed by atoms with Gasteiger partial charge in [-0.2, -0.15) is 0 Å². The quantitative estimate of drug-likeness (QED) is 0.885. The van der Waals surface area contributed by atoms with Crippen molar-refractivity contribution in [1.82, 2.24) is 0 Å². The van der Waals surface area contributed by atoms with Gasteiger partial charge in [0, 0.05) is 11.4 Å². The highest BCUT2D eigenvalue weighted by Crippen LogP contribution is 2.14. The van der Waals surface area contributed by atoms with Crippen LogP contribution in [0.3, 0.4) is 0 Å². The number of carbonyl (C=O) groups excluding carboxylic acids is 2. The zero-order valence-corrected chi connectivity index (χ0v) is 12.5. The predicted octanol–water partition coefficient (Wildman–Crippen LogP) is 1.93. The Morgan fingerprint density at radius 1 is 1.05 bits per heavy atom. The summed E-state index contributed by atoms with van der Waals surface area (Å²) in [7, 11) is 0. The highest BCUT2D eigenvalue weighted by atomic mass is 16.2. The SMILES string of the molecule is Cc1ccc(NC(=O)CN(C(=O)CN)c2ccccc2)cc1. The van der Waals surface area contributed by atoms with E-state index in [0.717, 1.165) is 5.56 Å². The van der Waals surface area contributed by atoms with E-state index < -0.39 is 0 Å². The lowest BCUT2D eigenvalue weighted by molar-refractivity contribution is -0.120. The van der Waals surface area contributed by atoms with Crippen LogP contribution in [0.5, 0.6) is 0 Å². The van der Waals surface area contributed by atoms with Crippen molar-refractivity contribution in [3.63, 3.8) is 0 Å². The molecule has 0 aliphatic rings. The summed E-state index contributed by atoms with van der Waals surface area (Å²) in [4.78, 5) is 25.5. The van der Waals surface area contributed by atoms with Crippen molar-refractivity contribution in [3.05, 3.63) is 60.2 Å². The van der Waals surface area contributed by atoms with Crippen LogP contribution in [0, 0.1) is 6.92 Å². The summed E-state index contributed by atoms with van der Waals surface area (Å²) in [6.07, 6.45) is 0. The fraction of sp³-hybridized carbons (Fsp3) is 0.176. The minimum atomic E-state index is -0.301. The van der Waals surface area contributed by atoms with Gasteiger partial charge in [-0.3, -0.25) is 9.59 Å². The smallest absolute Gasteiger partial charge is 0.244 e. The first-order chi connectivity index (χ1) is 10.6. The molecule has 0 bridgehead atoms. The Hall–Kier alpha value is -2.66. The molecule has 2 aromatic carbocycles. The average Bonchev–Trinajstić information content (AvgIpc) is 2.55. The normalized spacial score (nSPS) is 10.1. The monoisotopic (exact) mass is 297 g/mol. The molecule has 5 heteroatoms. The summed E-state index contributed by atoms with van der Waals surface area (Å²) in [5, 5.41) is 2.77. The van der Waals surface area contributed by atoms with Crippen LogP contribution in [-0.4, -0.2) is 24.9 Å². The van der Waals surface area contributed by atoms with Crippen molar-refractivity contribution in [2.45, 2.75) is 6.92 Å². The Bertz CT molecular complexity index is 639. The van der Waals surface area contributed by atoms with Crippen LogP contribution in [0.25, 0.3) is 0 Å². The molecular formula is C17H19N3O2. The van der Waals surface area contributed by atoms with Crippen LogP contribution in [-0.2, 0) is 9.59 Å². The number of anilines is 2. The number of rotatable bonds is 5. The zero-order chi connectivity index (χ0) is 15.9. The van der Waals surface area contributed by atoms with Crippen molar-refractivity contribution in [1.29, 1.82) is 0 Å². The first-order valence-corrected chi connectivity index (χ1v) is 7.02. The Kier molecular flexibility index (Phi) is 5.27. The molecule has 0 saturated carbocycles. The van der Waals surface area contributed by atoms with Gasteiger partial charge in [0.2, 0.25) is 11.8 Å². The van der Waals surface area contributed by atoms with Gasteiger partial charge in [-0.25, -0.2) is 0 Å². The second kappa shape index (κ2) is 7.38. The third kappa shape index (κ3) is 4.17. The van der Waals surface area contributed by atoms with Crippen LogP contribution in [0.4, 0.5) is 11.4 Å². The molecule has 3 N–H and O–H groups in total. The third-order valence-electron chi connectivity index (χ3n) is 3.18. The number of benzene rings is 2. The topological polar surface area (TPSA) is 75.4 Å². The lowest BCUT2D eigenvalue weighted by Crippen LogP contribution is -2.41. The van der Waals surface area contributed by atoms with E-state index in [4.69, 9.17) is 5.73 Å². The van der Waals surface area contributed by atoms with Crippen molar-refractivity contribution >= 4 is 23.2 Å². The maximum Gasteiger partial charge on any atom is 0.244 e. The van der Waals surface area contributed by atoms with Gasteiger partial charge in [0.25, 0.3) is 0 Å². The number of nitrogens with two attached hydrogens (primary N) is 1. The average molecular weight is 297 g/mol. The Morgan fingerprint density at radius 3 is 2.27 bits per heavy atom. The molecule has 2 rings (SSSR count). The first-order valence-electron chi connectivity index (χ1n) is 7.02. The Morgan fingerprint density at radius 2 is 1.68 bits per heavy atom. The van der Waals surface area contributed by atoms with E-state index in [0.29, 0.717) is 11.4 Å². The van der Waals surface area contributed by atoms with Gasteiger partial charge in [-0.05, 0) is 31.2 Å². The molecule has 0 aromatic heterocycles. The summed E-state index contributed by atoms with van der Waals surface area (Å²) < 4.78 is 0. The highest BCUT2D eigenvalue weighted by molar-refractivity contribution is 6.03. The molecule has 0 atom stereocenters. The molecule has 0 aliphatic heterocycles. The van der Waals surface area contributed by atoms with Gasteiger partial charge in [0.05, 0.1) is 6.54 Å². The van der Waals surface area contributed by atoms with Crippen LogP contribution in [0.1, 0.15) is 5.56 Å². The predicted molar refractivity (Wildman–Crippen MR) is 87.7 cm³/mol. The van der Waals surface area contributed by atoms with Gasteiger partial charge in [-0.15, -0.1) is 0 Å². The lowest BCUT2D eigenvalue weighted by Gasteiger charge is -2.21. The number of aryl methyl sites for hydroxylation is 1. The molecule has 0 fully saturated rings. The molecule has 0 saturated heterocycles. The second-order valence-electron chi connectivity index (χ2n) is 4.93. The minimum absolute atomic E-state index is 0.0755. The summed E-state index contributed by atoms with van der Waals surface area (Å²) in [6, 6.07) is 16.5. The number of nitrogens with zero attached hydrogens (tertiary/aromatic N) is 1. The molecule has 2 amide bonds.